The molecule has 0 bridgehead atoms. The van der Waals surface area contributed by atoms with Crippen molar-refractivity contribution in [1.29, 1.82) is 0 Å². The highest BCUT2D eigenvalue weighted by Gasteiger charge is 2.36. The van der Waals surface area contributed by atoms with Gasteiger partial charge in [-0.1, -0.05) is 5.16 Å². The third kappa shape index (κ3) is 3.81. The summed E-state index contributed by atoms with van der Waals surface area (Å²) in [6.45, 7) is 3.09. The summed E-state index contributed by atoms with van der Waals surface area (Å²) in [6, 6.07) is 0.0845. The smallest absolute Gasteiger partial charge is 0.341 e. The minimum absolute atomic E-state index is 0.00860. The summed E-state index contributed by atoms with van der Waals surface area (Å²) in [4.78, 5) is 37.2. The zero-order chi connectivity index (χ0) is 20.5. The topological polar surface area (TPSA) is 102 Å². The lowest BCUT2D eigenvalue weighted by atomic mass is 10.0. The van der Waals surface area contributed by atoms with Gasteiger partial charge in [-0.2, -0.15) is 0 Å². The third-order valence-corrected chi connectivity index (χ3v) is 5.67. The fraction of sp³-hybridized carbons (Fsp3) is 0.550. The van der Waals surface area contributed by atoms with E-state index in [-0.39, 0.29) is 11.9 Å². The molecule has 29 heavy (non-hydrogen) atoms. The monoisotopic (exact) mass is 399 g/mol. The van der Waals surface area contributed by atoms with Gasteiger partial charge < -0.3 is 19.1 Å². The molecule has 1 aliphatic heterocycles. The van der Waals surface area contributed by atoms with Crippen molar-refractivity contribution in [2.45, 2.75) is 44.6 Å². The van der Waals surface area contributed by atoms with E-state index in [1.807, 2.05) is 16.8 Å². The second-order valence-corrected chi connectivity index (χ2v) is 7.69. The SMILES string of the molecule is COC(=O)c1cnc(N(C)C2CCCN(C(=O)c3c(C4CC4)noc3C)C2)nc1. The summed E-state index contributed by atoms with van der Waals surface area (Å²) in [5, 5.41) is 4.13. The van der Waals surface area contributed by atoms with Crippen LogP contribution in [-0.2, 0) is 4.74 Å². The maximum Gasteiger partial charge on any atom is 0.341 e. The number of carbonyl (C=O) groups is 2. The predicted molar refractivity (Wildman–Crippen MR) is 104 cm³/mol. The van der Waals surface area contributed by atoms with E-state index >= 15 is 0 Å². The lowest BCUT2D eigenvalue weighted by molar-refractivity contribution is 0.0599. The van der Waals surface area contributed by atoms with Gasteiger partial charge in [-0.05, 0) is 32.6 Å². The van der Waals surface area contributed by atoms with Gasteiger partial charge in [-0.3, -0.25) is 4.79 Å². The van der Waals surface area contributed by atoms with Gasteiger partial charge in [-0.25, -0.2) is 14.8 Å². The van der Waals surface area contributed by atoms with Crippen LogP contribution in [0.25, 0.3) is 0 Å². The molecule has 9 nitrogen and oxygen atoms in total. The van der Waals surface area contributed by atoms with Gasteiger partial charge in [0.25, 0.3) is 5.91 Å². The van der Waals surface area contributed by atoms with Crippen LogP contribution < -0.4 is 4.90 Å². The average Bonchev–Trinajstić information content (AvgIpc) is 3.54. The van der Waals surface area contributed by atoms with Crippen molar-refractivity contribution >= 4 is 17.8 Å². The first-order valence-corrected chi connectivity index (χ1v) is 9.88. The third-order valence-electron chi connectivity index (χ3n) is 5.67. The number of anilines is 1. The quantitative estimate of drug-likeness (QED) is 0.705. The fourth-order valence-electron chi connectivity index (χ4n) is 3.79. The Balaban J connectivity index is 1.47. The molecule has 2 aromatic heterocycles. The molecule has 154 valence electrons. The molecule has 3 heterocycles. The van der Waals surface area contributed by atoms with E-state index in [0.717, 1.165) is 31.4 Å². The van der Waals surface area contributed by atoms with Crippen molar-refractivity contribution in [3.8, 4) is 0 Å². The first-order valence-electron chi connectivity index (χ1n) is 9.88. The van der Waals surface area contributed by atoms with E-state index in [2.05, 4.69) is 19.9 Å². The van der Waals surface area contributed by atoms with Crippen molar-refractivity contribution in [1.82, 2.24) is 20.0 Å². The lowest BCUT2D eigenvalue weighted by Crippen LogP contribution is -2.49. The molecule has 0 aromatic carbocycles. The first-order chi connectivity index (χ1) is 14.0. The van der Waals surface area contributed by atoms with E-state index < -0.39 is 5.97 Å². The molecular weight excluding hydrogens is 374 g/mol. The Labute approximate surface area is 169 Å². The highest BCUT2D eigenvalue weighted by molar-refractivity contribution is 5.96. The predicted octanol–water partition coefficient (Wildman–Crippen LogP) is 2.18. The molecule has 1 unspecified atom stereocenters. The van der Waals surface area contributed by atoms with Crippen LogP contribution in [0.2, 0.25) is 0 Å². The van der Waals surface area contributed by atoms with Crippen LogP contribution in [0.15, 0.2) is 16.9 Å². The number of carbonyl (C=O) groups excluding carboxylic acids is 2. The number of esters is 1. The van der Waals surface area contributed by atoms with E-state index in [1.165, 1.54) is 19.5 Å². The molecule has 0 N–H and O–H groups in total. The van der Waals surface area contributed by atoms with Gasteiger partial charge in [0.1, 0.15) is 11.3 Å². The highest BCUT2D eigenvalue weighted by Crippen LogP contribution is 2.42. The number of methoxy groups -OCH3 is 1. The maximum absolute atomic E-state index is 13.2. The van der Waals surface area contributed by atoms with E-state index in [0.29, 0.717) is 41.8 Å². The van der Waals surface area contributed by atoms with Crippen LogP contribution in [0.1, 0.15) is 63.8 Å². The van der Waals surface area contributed by atoms with Crippen molar-refractivity contribution in [2.75, 3.05) is 32.1 Å². The minimum atomic E-state index is -0.468. The largest absolute Gasteiger partial charge is 0.465 e. The standard InChI is InChI=1S/C20H25N5O4/c1-12-16(17(23-29-12)13-6-7-13)18(26)25-8-4-5-15(11-25)24(2)20-21-9-14(10-22-20)19(27)28-3/h9-10,13,15H,4-8,11H2,1-3H3. The number of hydrogen-bond acceptors (Lipinski definition) is 8. The maximum atomic E-state index is 13.2. The van der Waals surface area contributed by atoms with E-state index in [1.54, 1.807) is 6.92 Å². The summed E-state index contributed by atoms with van der Waals surface area (Å²) in [7, 11) is 3.23. The molecule has 1 amide bonds. The molecule has 1 atom stereocenters. The van der Waals surface area contributed by atoms with Crippen molar-refractivity contribution in [3.05, 3.63) is 35.0 Å². The molecular formula is C20H25N5O4. The molecule has 1 aliphatic carbocycles. The number of ether oxygens (including phenoxy) is 1. The number of amides is 1. The number of nitrogens with zero attached hydrogens (tertiary/aromatic N) is 5. The number of aromatic nitrogens is 3. The minimum Gasteiger partial charge on any atom is -0.465 e. The zero-order valence-electron chi connectivity index (χ0n) is 16.9. The first kappa shape index (κ1) is 19.4. The van der Waals surface area contributed by atoms with Crippen molar-refractivity contribution < 1.29 is 18.8 Å². The van der Waals surface area contributed by atoms with Gasteiger partial charge >= 0.3 is 5.97 Å². The number of piperidine rings is 1. The van der Waals surface area contributed by atoms with Crippen LogP contribution >= 0.6 is 0 Å². The van der Waals surface area contributed by atoms with Gasteiger partial charge in [-0.15, -0.1) is 0 Å². The van der Waals surface area contributed by atoms with Crippen LogP contribution in [0, 0.1) is 6.92 Å². The molecule has 9 heteroatoms. The summed E-state index contributed by atoms with van der Waals surface area (Å²) in [6.07, 6.45) is 6.87. The molecule has 0 radical (unpaired) electrons. The number of hydrogen-bond donors (Lipinski definition) is 0. The Bertz CT molecular complexity index is 906. The van der Waals surface area contributed by atoms with Gasteiger partial charge in [0, 0.05) is 44.5 Å². The molecule has 4 rings (SSSR count). The van der Waals surface area contributed by atoms with Gasteiger partial charge in [0.2, 0.25) is 5.95 Å². The number of likely N-dealkylation sites (N-methyl/N-ethyl adjacent to an activating group) is 1. The van der Waals surface area contributed by atoms with E-state index in [4.69, 9.17) is 4.52 Å². The van der Waals surface area contributed by atoms with Gasteiger partial charge in [0.15, 0.2) is 0 Å². The number of likely N-dealkylation sites (tertiary alicyclic amines) is 1. The molecule has 1 saturated heterocycles. The molecule has 2 fully saturated rings. The molecule has 2 aliphatic rings. The number of rotatable bonds is 5. The van der Waals surface area contributed by atoms with Crippen molar-refractivity contribution in [3.63, 3.8) is 0 Å². The van der Waals surface area contributed by atoms with Crippen molar-refractivity contribution in [2.24, 2.45) is 0 Å². The molecule has 1 saturated carbocycles. The van der Waals surface area contributed by atoms with Crippen LogP contribution in [0.4, 0.5) is 5.95 Å². The summed E-state index contributed by atoms with van der Waals surface area (Å²) in [5.74, 6) is 0.984. The Kier molecular flexibility index (Phi) is 5.21. The molecule has 2 aromatic rings. The Morgan fingerprint density at radius 3 is 2.62 bits per heavy atom. The van der Waals surface area contributed by atoms with Crippen LogP contribution in [0.3, 0.4) is 0 Å². The van der Waals surface area contributed by atoms with Gasteiger partial charge in [0.05, 0.1) is 18.4 Å². The Hall–Kier alpha value is -2.97. The lowest BCUT2D eigenvalue weighted by Gasteiger charge is -2.37. The summed E-state index contributed by atoms with van der Waals surface area (Å²) >= 11 is 0. The Morgan fingerprint density at radius 1 is 1.24 bits per heavy atom. The fourth-order valence-corrected chi connectivity index (χ4v) is 3.79. The number of aryl methyl sites for hydroxylation is 1. The summed E-state index contributed by atoms with van der Waals surface area (Å²) in [5.41, 5.74) is 1.75. The second-order valence-electron chi connectivity index (χ2n) is 7.69. The Morgan fingerprint density at radius 2 is 1.97 bits per heavy atom. The zero-order valence-corrected chi connectivity index (χ0v) is 16.9. The van der Waals surface area contributed by atoms with E-state index in [9.17, 15) is 9.59 Å². The summed E-state index contributed by atoms with van der Waals surface area (Å²) < 4.78 is 10.0. The highest BCUT2D eigenvalue weighted by atomic mass is 16.5. The average molecular weight is 399 g/mol. The second kappa shape index (κ2) is 7.81. The normalized spacial score (nSPS) is 19.1. The van der Waals surface area contributed by atoms with Crippen LogP contribution in [-0.4, -0.2) is 65.2 Å². The van der Waals surface area contributed by atoms with Crippen LogP contribution in [0.5, 0.6) is 0 Å². The molecule has 0 spiro atoms.